The quantitative estimate of drug-likeness (QED) is 0.175. The van der Waals surface area contributed by atoms with Crippen molar-refractivity contribution < 1.29 is 21.6 Å². The molecule has 0 heterocycles. The topological polar surface area (TPSA) is 133 Å². The van der Waals surface area contributed by atoms with Crippen molar-refractivity contribution >= 4 is 48.8 Å². The van der Waals surface area contributed by atoms with E-state index in [0.717, 1.165) is 11.1 Å². The number of hydrogen-bond donors (Lipinski definition) is 4. The van der Waals surface area contributed by atoms with Crippen molar-refractivity contribution in [3.05, 3.63) is 106 Å². The van der Waals surface area contributed by atoms with Crippen LogP contribution in [-0.4, -0.2) is 22.9 Å². The van der Waals surface area contributed by atoms with Crippen molar-refractivity contribution in [3.63, 3.8) is 0 Å². The van der Waals surface area contributed by atoms with Gasteiger partial charge in [-0.2, -0.15) is 0 Å². The predicted octanol–water partition coefficient (Wildman–Crippen LogP) is 6.78. The van der Waals surface area contributed by atoms with E-state index in [4.69, 9.17) is 0 Å². The van der Waals surface area contributed by atoms with E-state index in [1.54, 1.807) is 100 Å². The minimum atomic E-state index is -3.97. The molecule has 4 N–H and O–H groups in total. The monoisotopic (exact) mass is 606 g/mol. The van der Waals surface area contributed by atoms with Gasteiger partial charge in [-0.3, -0.25) is 9.44 Å². The fourth-order valence-corrected chi connectivity index (χ4v) is 8.28. The van der Waals surface area contributed by atoms with E-state index >= 15 is 0 Å². The summed E-state index contributed by atoms with van der Waals surface area (Å²) in [6.07, 6.45) is 0. The highest BCUT2D eigenvalue weighted by Crippen LogP contribution is 2.30. The zero-order valence-corrected chi connectivity index (χ0v) is 25.9. The van der Waals surface area contributed by atoms with Crippen LogP contribution < -0.4 is 20.1 Å². The summed E-state index contributed by atoms with van der Waals surface area (Å²) in [5.74, 6) is 0. The average Bonchev–Trinajstić information content (AvgIpc) is 2.84. The van der Waals surface area contributed by atoms with Crippen LogP contribution in [0.4, 0.5) is 27.5 Å². The van der Waals surface area contributed by atoms with Crippen molar-refractivity contribution in [2.75, 3.05) is 20.1 Å². The molecule has 0 aliphatic carbocycles. The third-order valence-corrected chi connectivity index (χ3v) is 9.93. The Bertz CT molecular complexity index is 1720. The van der Waals surface area contributed by atoms with Crippen LogP contribution in [0.15, 0.2) is 82.6 Å². The molecule has 0 saturated heterocycles. The highest BCUT2D eigenvalue weighted by molar-refractivity contribution is 7.93. The van der Waals surface area contributed by atoms with E-state index in [9.17, 15) is 21.6 Å². The van der Waals surface area contributed by atoms with Gasteiger partial charge in [-0.15, -0.1) is 0 Å². The van der Waals surface area contributed by atoms with Gasteiger partial charge in [0.25, 0.3) is 20.0 Å². The summed E-state index contributed by atoms with van der Waals surface area (Å²) in [7, 11) is -7.94. The summed E-state index contributed by atoms with van der Waals surface area (Å²) < 4.78 is 58.5. The van der Waals surface area contributed by atoms with Gasteiger partial charge in [0.05, 0.1) is 32.5 Å². The molecule has 4 rings (SSSR count). The first kappa shape index (κ1) is 30.6. The van der Waals surface area contributed by atoms with E-state index in [-0.39, 0.29) is 32.5 Å². The van der Waals surface area contributed by atoms with Crippen LogP contribution >= 0.6 is 0 Å². The molecule has 11 heteroatoms. The summed E-state index contributed by atoms with van der Waals surface area (Å²) in [6, 6.07) is 19.3. The number of amides is 2. The SMILES string of the molecule is Cc1cc(C)c(S(=O)(=O)Nc2ccccc2NC(=O)Nc2ccccc2NS(=O)(=O)c2c(C)cc(C)cc2C)c(C)c1. The van der Waals surface area contributed by atoms with Crippen LogP contribution in [0, 0.1) is 41.5 Å². The number of carbonyl (C=O) groups is 1. The van der Waals surface area contributed by atoms with E-state index in [1.165, 1.54) is 0 Å². The van der Waals surface area contributed by atoms with Crippen molar-refractivity contribution in [2.24, 2.45) is 0 Å². The maximum Gasteiger partial charge on any atom is 0.323 e. The molecule has 0 bridgehead atoms. The van der Waals surface area contributed by atoms with Gasteiger partial charge in [0.2, 0.25) is 0 Å². The lowest BCUT2D eigenvalue weighted by molar-refractivity contribution is 0.262. The van der Waals surface area contributed by atoms with Crippen LogP contribution in [0.1, 0.15) is 33.4 Å². The Hall–Kier alpha value is -4.35. The van der Waals surface area contributed by atoms with Crippen LogP contribution in [-0.2, 0) is 20.0 Å². The Morgan fingerprint density at radius 3 is 1.10 bits per heavy atom. The summed E-state index contributed by atoms with van der Waals surface area (Å²) in [5, 5.41) is 5.33. The minimum Gasteiger partial charge on any atom is -0.306 e. The Kier molecular flexibility index (Phi) is 8.65. The molecule has 9 nitrogen and oxygen atoms in total. The van der Waals surface area contributed by atoms with E-state index in [1.807, 2.05) is 13.8 Å². The molecule has 0 fully saturated rings. The number of aryl methyl sites for hydroxylation is 6. The summed E-state index contributed by atoms with van der Waals surface area (Å²) in [6.45, 7) is 10.7. The molecule has 0 saturated carbocycles. The fourth-order valence-electron chi connectivity index (χ4n) is 5.21. The number of para-hydroxylation sites is 4. The second-order valence-electron chi connectivity index (χ2n) is 10.3. The van der Waals surface area contributed by atoms with Gasteiger partial charge in [0.1, 0.15) is 0 Å². The molecule has 0 atom stereocenters. The summed E-state index contributed by atoms with van der Waals surface area (Å²) >= 11 is 0. The number of benzene rings is 4. The first-order chi connectivity index (χ1) is 19.7. The van der Waals surface area contributed by atoms with Gasteiger partial charge >= 0.3 is 6.03 Å². The molecule has 2 amide bonds. The third kappa shape index (κ3) is 6.75. The van der Waals surface area contributed by atoms with Crippen LogP contribution in [0.25, 0.3) is 0 Å². The standard InChI is InChI=1S/C31H34N4O5S2/c1-19-15-21(3)29(22(4)16-19)41(37,38)34-27-13-9-7-11-25(27)32-31(36)33-26-12-8-10-14-28(26)35-42(39,40)30-23(5)17-20(2)18-24(30)6/h7-18,34-35H,1-6H3,(H2,32,33,36). The molecule has 0 unspecified atom stereocenters. The number of hydrogen-bond acceptors (Lipinski definition) is 5. The molecular formula is C31H34N4O5S2. The Morgan fingerprint density at radius 1 is 0.500 bits per heavy atom. The molecule has 220 valence electrons. The second kappa shape index (κ2) is 11.9. The van der Waals surface area contributed by atoms with Crippen LogP contribution in [0.5, 0.6) is 0 Å². The molecule has 4 aromatic rings. The minimum absolute atomic E-state index is 0.173. The number of anilines is 4. The number of nitrogens with one attached hydrogen (secondary N) is 4. The molecule has 4 aromatic carbocycles. The van der Waals surface area contributed by atoms with Crippen LogP contribution in [0.2, 0.25) is 0 Å². The fraction of sp³-hybridized carbons (Fsp3) is 0.194. The molecule has 42 heavy (non-hydrogen) atoms. The maximum atomic E-state index is 13.3. The van der Waals surface area contributed by atoms with Crippen molar-refractivity contribution in [1.82, 2.24) is 0 Å². The smallest absolute Gasteiger partial charge is 0.306 e. The first-order valence-electron chi connectivity index (χ1n) is 13.2. The largest absolute Gasteiger partial charge is 0.323 e. The molecular weight excluding hydrogens is 572 g/mol. The molecule has 0 radical (unpaired) electrons. The normalized spacial score (nSPS) is 11.6. The second-order valence-corrected chi connectivity index (χ2v) is 13.6. The van der Waals surface area contributed by atoms with Crippen molar-refractivity contribution in [3.8, 4) is 0 Å². The zero-order valence-electron chi connectivity index (χ0n) is 24.3. The Labute approximate surface area is 247 Å². The zero-order chi connectivity index (χ0) is 30.8. The summed E-state index contributed by atoms with van der Waals surface area (Å²) in [4.78, 5) is 13.4. The number of rotatable bonds is 8. The van der Waals surface area contributed by atoms with Crippen molar-refractivity contribution in [2.45, 2.75) is 51.3 Å². The van der Waals surface area contributed by atoms with E-state index < -0.39 is 26.1 Å². The molecule has 0 aliphatic heterocycles. The highest BCUT2D eigenvalue weighted by Gasteiger charge is 2.23. The third-order valence-electron chi connectivity index (χ3n) is 6.59. The lowest BCUT2D eigenvalue weighted by atomic mass is 10.1. The predicted molar refractivity (Wildman–Crippen MR) is 168 cm³/mol. The number of urea groups is 1. The Balaban J connectivity index is 1.56. The average molecular weight is 607 g/mol. The van der Waals surface area contributed by atoms with E-state index in [2.05, 4.69) is 20.1 Å². The lowest BCUT2D eigenvalue weighted by Crippen LogP contribution is -2.23. The van der Waals surface area contributed by atoms with Gasteiger partial charge in [-0.1, -0.05) is 59.7 Å². The Morgan fingerprint density at radius 2 is 0.786 bits per heavy atom. The molecule has 0 spiro atoms. The molecule has 0 aromatic heterocycles. The van der Waals surface area contributed by atoms with E-state index in [0.29, 0.717) is 22.3 Å². The van der Waals surface area contributed by atoms with Gasteiger partial charge in [-0.05, 0) is 88.1 Å². The number of carbonyl (C=O) groups excluding carboxylic acids is 1. The van der Waals surface area contributed by atoms with Gasteiger partial charge in [0, 0.05) is 0 Å². The maximum absolute atomic E-state index is 13.3. The highest BCUT2D eigenvalue weighted by atomic mass is 32.2. The van der Waals surface area contributed by atoms with Gasteiger partial charge in [-0.25, -0.2) is 21.6 Å². The van der Waals surface area contributed by atoms with Gasteiger partial charge in [0.15, 0.2) is 0 Å². The van der Waals surface area contributed by atoms with Crippen molar-refractivity contribution in [1.29, 1.82) is 0 Å². The van der Waals surface area contributed by atoms with Gasteiger partial charge < -0.3 is 10.6 Å². The lowest BCUT2D eigenvalue weighted by Gasteiger charge is -2.18. The molecule has 0 aliphatic rings. The number of sulfonamides is 2. The van der Waals surface area contributed by atoms with Crippen LogP contribution in [0.3, 0.4) is 0 Å². The first-order valence-corrected chi connectivity index (χ1v) is 16.1. The summed E-state index contributed by atoms with van der Waals surface area (Å²) in [5.41, 5.74) is 5.12.